The van der Waals surface area contributed by atoms with Crippen LogP contribution in [-0.4, -0.2) is 15.8 Å². The van der Waals surface area contributed by atoms with E-state index in [2.05, 4.69) is 0 Å². The van der Waals surface area contributed by atoms with E-state index < -0.39 is 34.5 Å². The molecule has 0 bridgehead atoms. The number of halogens is 1. The Bertz CT molecular complexity index is 1120. The van der Waals surface area contributed by atoms with E-state index in [4.69, 9.17) is 4.74 Å². The van der Waals surface area contributed by atoms with Crippen molar-refractivity contribution in [3.8, 4) is 0 Å². The molecular weight excluding hydrogens is 435 g/mol. The first-order chi connectivity index (χ1) is 15.5. The molecule has 0 aliphatic rings. The monoisotopic (exact) mass is 466 g/mol. The highest BCUT2D eigenvalue weighted by atomic mass is 32.2. The van der Waals surface area contributed by atoms with Crippen LogP contribution in [0.4, 0.5) is 4.39 Å². The number of alkyl halides is 1. The summed E-state index contributed by atoms with van der Waals surface area (Å²) < 4.78 is 35.1. The molecule has 0 aliphatic heterocycles. The first-order valence-electron chi connectivity index (χ1n) is 11.0. The quantitative estimate of drug-likeness (QED) is 0.352. The largest absolute Gasteiger partial charge is 0.460 e. The van der Waals surface area contributed by atoms with Crippen LogP contribution in [0.2, 0.25) is 0 Å². The summed E-state index contributed by atoms with van der Waals surface area (Å²) in [4.78, 5) is 13.7. The number of benzene rings is 3. The van der Waals surface area contributed by atoms with Crippen LogP contribution in [0.15, 0.2) is 82.6 Å². The zero-order chi connectivity index (χ0) is 24.2. The molecule has 3 nitrogen and oxygen atoms in total. The van der Waals surface area contributed by atoms with Gasteiger partial charge in [0.25, 0.3) is 0 Å². The van der Waals surface area contributed by atoms with Gasteiger partial charge >= 0.3 is 5.97 Å². The number of carbonyl (C=O) groups is 1. The van der Waals surface area contributed by atoms with E-state index in [0.29, 0.717) is 20.9 Å². The van der Waals surface area contributed by atoms with Crippen LogP contribution in [0.25, 0.3) is 0 Å². The molecule has 174 valence electrons. The van der Waals surface area contributed by atoms with Crippen LogP contribution in [0.1, 0.15) is 61.5 Å². The highest BCUT2D eigenvalue weighted by Gasteiger charge is 2.31. The van der Waals surface area contributed by atoms with E-state index >= 15 is 4.39 Å². The summed E-state index contributed by atoms with van der Waals surface area (Å²) in [6.45, 7) is 9.29. The van der Waals surface area contributed by atoms with Crippen molar-refractivity contribution in [2.75, 3.05) is 0 Å². The van der Waals surface area contributed by atoms with Crippen LogP contribution in [0, 0.1) is 13.8 Å². The van der Waals surface area contributed by atoms with Gasteiger partial charge in [0, 0.05) is 21.3 Å². The molecule has 5 heteroatoms. The number of rotatable bonds is 7. The molecule has 3 rings (SSSR count). The minimum absolute atomic E-state index is 0.118. The molecule has 0 heterocycles. The lowest BCUT2D eigenvalue weighted by Gasteiger charge is -2.26. The first kappa shape index (κ1) is 24.8. The van der Waals surface area contributed by atoms with Gasteiger partial charge in [-0.25, -0.2) is 8.60 Å². The van der Waals surface area contributed by atoms with Gasteiger partial charge in [0.15, 0.2) is 0 Å². The number of ether oxygens (including phenoxy) is 1. The smallest absolute Gasteiger partial charge is 0.307 e. The van der Waals surface area contributed by atoms with E-state index in [1.54, 1.807) is 57.2 Å². The average molecular weight is 467 g/mol. The maximum atomic E-state index is 16.2. The van der Waals surface area contributed by atoms with Gasteiger partial charge in [0.05, 0.1) is 17.2 Å². The van der Waals surface area contributed by atoms with E-state index in [9.17, 15) is 9.00 Å². The lowest BCUT2D eigenvalue weighted by molar-refractivity contribution is -0.155. The minimum atomic E-state index is -1.55. The van der Waals surface area contributed by atoms with Gasteiger partial charge in [-0.2, -0.15) is 0 Å². The third-order valence-corrected chi connectivity index (χ3v) is 6.79. The molecule has 3 aromatic carbocycles. The summed E-state index contributed by atoms with van der Waals surface area (Å²) in [7, 11) is -1.55. The molecule has 0 N–H and O–H groups in total. The molecule has 0 amide bonds. The zero-order valence-corrected chi connectivity index (χ0v) is 20.6. The fourth-order valence-corrected chi connectivity index (χ4v) is 4.88. The third kappa shape index (κ3) is 6.61. The predicted molar refractivity (Wildman–Crippen MR) is 131 cm³/mol. The van der Waals surface area contributed by atoms with Crippen molar-refractivity contribution < 1.29 is 18.1 Å². The number of carbonyl (C=O) groups excluding carboxylic acids is 1. The molecule has 0 radical (unpaired) electrons. The summed E-state index contributed by atoms with van der Waals surface area (Å²) in [5.74, 6) is -1.23. The molecule has 3 atom stereocenters. The van der Waals surface area contributed by atoms with E-state index in [-0.39, 0.29) is 6.42 Å². The summed E-state index contributed by atoms with van der Waals surface area (Å²) in [6.07, 6.45) is -1.65. The molecule has 0 saturated heterocycles. The zero-order valence-electron chi connectivity index (χ0n) is 19.8. The normalized spacial score (nSPS) is 14.4. The van der Waals surface area contributed by atoms with Gasteiger partial charge in [-0.3, -0.25) is 4.79 Å². The maximum Gasteiger partial charge on any atom is 0.307 e. The fraction of sp³-hybridized carbons (Fsp3) is 0.321. The molecule has 0 saturated carbocycles. The van der Waals surface area contributed by atoms with Crippen LogP contribution >= 0.6 is 0 Å². The van der Waals surface area contributed by atoms with Crippen LogP contribution < -0.4 is 0 Å². The van der Waals surface area contributed by atoms with Gasteiger partial charge in [0.2, 0.25) is 0 Å². The van der Waals surface area contributed by atoms with Crippen molar-refractivity contribution in [3.63, 3.8) is 0 Å². The molecule has 0 unspecified atom stereocenters. The van der Waals surface area contributed by atoms with E-state index in [1.165, 1.54) is 0 Å². The van der Waals surface area contributed by atoms with Gasteiger partial charge in [-0.05, 0) is 58.4 Å². The Morgan fingerprint density at radius 2 is 1.45 bits per heavy atom. The summed E-state index contributed by atoms with van der Waals surface area (Å²) in [5, 5.41) is 0. The average Bonchev–Trinajstić information content (AvgIpc) is 2.76. The van der Waals surface area contributed by atoms with Crippen molar-refractivity contribution in [2.45, 2.75) is 68.5 Å². The highest BCUT2D eigenvalue weighted by Crippen LogP contribution is 2.40. The molecule has 3 aromatic rings. The van der Waals surface area contributed by atoms with Crippen molar-refractivity contribution in [1.82, 2.24) is 0 Å². The molecule has 0 aromatic heterocycles. The number of hydrogen-bond donors (Lipinski definition) is 0. The first-order valence-corrected chi connectivity index (χ1v) is 12.2. The molecule has 33 heavy (non-hydrogen) atoms. The topological polar surface area (TPSA) is 43.4 Å². The summed E-state index contributed by atoms with van der Waals surface area (Å²) in [6, 6.07) is 21.7. The highest BCUT2D eigenvalue weighted by molar-refractivity contribution is 7.85. The van der Waals surface area contributed by atoms with Gasteiger partial charge in [0.1, 0.15) is 11.8 Å². The van der Waals surface area contributed by atoms with E-state index in [0.717, 1.165) is 11.1 Å². The number of aryl methyl sites for hydroxylation is 2. The Morgan fingerprint density at radius 1 is 0.909 bits per heavy atom. The summed E-state index contributed by atoms with van der Waals surface area (Å²) in [5.41, 5.74) is 2.47. The van der Waals surface area contributed by atoms with Crippen molar-refractivity contribution in [1.29, 1.82) is 0 Å². The van der Waals surface area contributed by atoms with Crippen LogP contribution in [0.3, 0.4) is 0 Å². The predicted octanol–water partition coefficient (Wildman–Crippen LogP) is 7.00. The van der Waals surface area contributed by atoms with Gasteiger partial charge < -0.3 is 4.74 Å². The van der Waals surface area contributed by atoms with Crippen LogP contribution in [-0.2, 0) is 20.3 Å². The summed E-state index contributed by atoms with van der Waals surface area (Å²) >= 11 is 0. The molecule has 0 aliphatic carbocycles. The SMILES string of the molecule is Cc1ccc([C@@H](CC(=O)OC(C)(C)C)[C@@H](F)c2ccccc2[S@@](=O)c2ccc(C)cc2)cc1. The van der Waals surface area contributed by atoms with E-state index in [1.807, 2.05) is 50.2 Å². The third-order valence-electron chi connectivity index (χ3n) is 5.32. The second-order valence-electron chi connectivity index (χ2n) is 9.33. The van der Waals surface area contributed by atoms with Crippen molar-refractivity contribution in [3.05, 3.63) is 95.1 Å². The Balaban J connectivity index is 1.99. The van der Waals surface area contributed by atoms with Crippen LogP contribution in [0.5, 0.6) is 0 Å². The minimum Gasteiger partial charge on any atom is -0.460 e. The van der Waals surface area contributed by atoms with Gasteiger partial charge in [-0.1, -0.05) is 65.7 Å². The second kappa shape index (κ2) is 10.4. The molecule has 0 spiro atoms. The molecule has 0 fully saturated rings. The lowest BCUT2D eigenvalue weighted by atomic mass is 9.87. The molecular formula is C28H31FO3S. The maximum absolute atomic E-state index is 16.2. The number of esters is 1. The Hall–Kier alpha value is -2.79. The lowest BCUT2D eigenvalue weighted by Crippen LogP contribution is -2.26. The Labute approximate surface area is 198 Å². The van der Waals surface area contributed by atoms with Crippen molar-refractivity contribution in [2.24, 2.45) is 0 Å². The Kier molecular flexibility index (Phi) is 7.85. The Morgan fingerprint density at radius 3 is 2.03 bits per heavy atom. The standard InChI is InChI=1S/C28H31FO3S/c1-19-10-14-21(15-11-19)24(18-26(30)32-28(3,4)5)27(29)23-8-6-7-9-25(23)33(31)22-16-12-20(2)13-17-22/h6-17,24,27H,18H2,1-5H3/t24-,27+,33+/m1/s1. The second-order valence-corrected chi connectivity index (χ2v) is 10.8. The van der Waals surface area contributed by atoms with Crippen molar-refractivity contribution >= 4 is 16.8 Å². The van der Waals surface area contributed by atoms with Gasteiger partial charge in [-0.15, -0.1) is 0 Å². The fourth-order valence-electron chi connectivity index (χ4n) is 3.65. The number of hydrogen-bond acceptors (Lipinski definition) is 3.